The van der Waals surface area contributed by atoms with Crippen LogP contribution in [0.4, 0.5) is 0 Å². The van der Waals surface area contributed by atoms with Gasteiger partial charge in [0.25, 0.3) is 0 Å². The van der Waals surface area contributed by atoms with Crippen molar-refractivity contribution in [1.29, 1.82) is 0 Å². The number of rotatable bonds is 5. The fourth-order valence-electron chi connectivity index (χ4n) is 3.15. The van der Waals surface area contributed by atoms with E-state index in [1.54, 1.807) is 0 Å². The zero-order chi connectivity index (χ0) is 13.0. The van der Waals surface area contributed by atoms with E-state index in [4.69, 9.17) is 5.84 Å². The quantitative estimate of drug-likeness (QED) is 0.621. The molecule has 1 aromatic heterocycles. The van der Waals surface area contributed by atoms with Crippen molar-refractivity contribution in [2.75, 3.05) is 0 Å². The maximum atomic E-state index is 5.75. The molecule has 0 radical (unpaired) electrons. The maximum absolute atomic E-state index is 5.75. The van der Waals surface area contributed by atoms with Crippen LogP contribution in [-0.4, -0.2) is 15.6 Å². The maximum Gasteiger partial charge on any atom is 0.109 e. The lowest BCUT2D eigenvalue weighted by Gasteiger charge is -2.33. The van der Waals surface area contributed by atoms with Crippen LogP contribution in [0.15, 0.2) is 12.4 Å². The van der Waals surface area contributed by atoms with Gasteiger partial charge in [0, 0.05) is 31.9 Å². The topological polar surface area (TPSA) is 55.9 Å². The summed E-state index contributed by atoms with van der Waals surface area (Å²) in [6.07, 6.45) is 11.4. The average molecular weight is 250 g/mol. The highest BCUT2D eigenvalue weighted by molar-refractivity contribution is 4.96. The predicted octanol–water partition coefficient (Wildman–Crippen LogP) is 2.01. The van der Waals surface area contributed by atoms with E-state index in [0.29, 0.717) is 12.0 Å². The number of hydrazine groups is 1. The van der Waals surface area contributed by atoms with Gasteiger partial charge in [-0.25, -0.2) is 4.98 Å². The number of aromatic nitrogens is 2. The third kappa shape index (κ3) is 3.12. The highest BCUT2D eigenvalue weighted by atomic mass is 15.2. The van der Waals surface area contributed by atoms with E-state index in [-0.39, 0.29) is 0 Å². The molecule has 0 bridgehead atoms. The zero-order valence-electron chi connectivity index (χ0n) is 11.6. The molecule has 1 aliphatic carbocycles. The van der Waals surface area contributed by atoms with Crippen LogP contribution in [0.3, 0.4) is 0 Å². The Morgan fingerprint density at radius 2 is 2.17 bits per heavy atom. The second-order valence-electron chi connectivity index (χ2n) is 5.62. The summed E-state index contributed by atoms with van der Waals surface area (Å²) in [4.78, 5) is 4.40. The van der Waals surface area contributed by atoms with Crippen molar-refractivity contribution in [3.05, 3.63) is 18.2 Å². The molecule has 0 amide bonds. The SMILES string of the molecule is CCC1CCC(C(Cc2nccn2C)NN)CC1. The van der Waals surface area contributed by atoms with Crippen LogP contribution in [0.1, 0.15) is 44.9 Å². The van der Waals surface area contributed by atoms with E-state index < -0.39 is 0 Å². The summed E-state index contributed by atoms with van der Waals surface area (Å²) in [7, 11) is 2.05. The van der Waals surface area contributed by atoms with E-state index >= 15 is 0 Å². The molecule has 0 saturated heterocycles. The summed E-state index contributed by atoms with van der Waals surface area (Å²) in [5.74, 6) is 8.51. The van der Waals surface area contributed by atoms with Crippen molar-refractivity contribution < 1.29 is 0 Å². The number of nitrogens with one attached hydrogen (secondary N) is 1. The largest absolute Gasteiger partial charge is 0.338 e. The lowest BCUT2D eigenvalue weighted by atomic mass is 9.77. The second-order valence-corrected chi connectivity index (χ2v) is 5.62. The van der Waals surface area contributed by atoms with Crippen molar-refractivity contribution >= 4 is 0 Å². The number of nitrogens with zero attached hydrogens (tertiary/aromatic N) is 2. The first-order chi connectivity index (χ1) is 8.74. The predicted molar refractivity (Wildman–Crippen MR) is 73.8 cm³/mol. The van der Waals surface area contributed by atoms with Gasteiger partial charge >= 0.3 is 0 Å². The number of aryl methyl sites for hydroxylation is 1. The Hall–Kier alpha value is -0.870. The van der Waals surface area contributed by atoms with Gasteiger partial charge in [0.2, 0.25) is 0 Å². The summed E-state index contributed by atoms with van der Waals surface area (Å²) < 4.78 is 2.09. The summed E-state index contributed by atoms with van der Waals surface area (Å²) in [6.45, 7) is 2.30. The van der Waals surface area contributed by atoms with Gasteiger partial charge in [0.1, 0.15) is 5.82 Å². The normalized spacial score (nSPS) is 26.2. The van der Waals surface area contributed by atoms with Crippen LogP contribution in [0, 0.1) is 11.8 Å². The average Bonchev–Trinajstić information content (AvgIpc) is 2.81. The summed E-state index contributed by atoms with van der Waals surface area (Å²) in [5, 5.41) is 0. The van der Waals surface area contributed by atoms with Crippen molar-refractivity contribution in [3.8, 4) is 0 Å². The van der Waals surface area contributed by atoms with Gasteiger partial charge in [-0.2, -0.15) is 0 Å². The third-order valence-electron chi connectivity index (χ3n) is 4.58. The van der Waals surface area contributed by atoms with Gasteiger partial charge < -0.3 is 4.57 Å². The van der Waals surface area contributed by atoms with Crippen LogP contribution in [0.5, 0.6) is 0 Å². The van der Waals surface area contributed by atoms with Crippen LogP contribution in [0.2, 0.25) is 0 Å². The molecule has 18 heavy (non-hydrogen) atoms. The number of hydrogen-bond donors (Lipinski definition) is 2. The molecular weight excluding hydrogens is 224 g/mol. The van der Waals surface area contributed by atoms with Crippen molar-refractivity contribution in [2.24, 2.45) is 24.7 Å². The zero-order valence-corrected chi connectivity index (χ0v) is 11.6. The molecule has 1 unspecified atom stereocenters. The Bertz CT molecular complexity index is 352. The van der Waals surface area contributed by atoms with Crippen LogP contribution < -0.4 is 11.3 Å². The first-order valence-electron chi connectivity index (χ1n) is 7.16. The van der Waals surface area contributed by atoms with Crippen LogP contribution in [-0.2, 0) is 13.5 Å². The van der Waals surface area contributed by atoms with E-state index in [2.05, 4.69) is 21.9 Å². The van der Waals surface area contributed by atoms with E-state index in [1.165, 1.54) is 32.1 Å². The molecule has 0 aromatic carbocycles. The minimum atomic E-state index is 0.365. The van der Waals surface area contributed by atoms with E-state index in [0.717, 1.165) is 18.2 Å². The molecule has 2 rings (SSSR count). The Labute approximate surface area is 110 Å². The molecule has 1 fully saturated rings. The lowest BCUT2D eigenvalue weighted by molar-refractivity contribution is 0.215. The van der Waals surface area contributed by atoms with Gasteiger partial charge in [0.05, 0.1) is 0 Å². The Morgan fingerprint density at radius 1 is 1.44 bits per heavy atom. The molecular formula is C14H26N4. The first-order valence-corrected chi connectivity index (χ1v) is 7.16. The molecule has 1 saturated carbocycles. The lowest BCUT2D eigenvalue weighted by Crippen LogP contribution is -2.44. The summed E-state index contributed by atoms with van der Waals surface area (Å²) >= 11 is 0. The smallest absolute Gasteiger partial charge is 0.109 e. The molecule has 4 nitrogen and oxygen atoms in total. The minimum absolute atomic E-state index is 0.365. The molecule has 3 N–H and O–H groups in total. The van der Waals surface area contributed by atoms with Gasteiger partial charge in [-0.05, 0) is 24.7 Å². The molecule has 102 valence electrons. The van der Waals surface area contributed by atoms with Gasteiger partial charge in [-0.15, -0.1) is 0 Å². The van der Waals surface area contributed by atoms with Crippen molar-refractivity contribution in [3.63, 3.8) is 0 Å². The Morgan fingerprint density at radius 3 is 2.67 bits per heavy atom. The molecule has 4 heteroatoms. The fraction of sp³-hybridized carbons (Fsp3) is 0.786. The molecule has 1 atom stereocenters. The van der Waals surface area contributed by atoms with Crippen molar-refractivity contribution in [1.82, 2.24) is 15.0 Å². The number of nitrogens with two attached hydrogens (primary N) is 1. The first kappa shape index (κ1) is 13.6. The van der Waals surface area contributed by atoms with Gasteiger partial charge in [-0.3, -0.25) is 11.3 Å². The van der Waals surface area contributed by atoms with Gasteiger partial charge in [-0.1, -0.05) is 26.2 Å². The van der Waals surface area contributed by atoms with E-state index in [9.17, 15) is 0 Å². The third-order valence-corrected chi connectivity index (χ3v) is 4.58. The van der Waals surface area contributed by atoms with Crippen LogP contribution >= 0.6 is 0 Å². The molecule has 1 heterocycles. The second kappa shape index (κ2) is 6.34. The molecule has 1 aliphatic rings. The minimum Gasteiger partial charge on any atom is -0.338 e. The summed E-state index contributed by atoms with van der Waals surface area (Å²) in [6, 6.07) is 0.365. The monoisotopic (exact) mass is 250 g/mol. The molecule has 1 aromatic rings. The van der Waals surface area contributed by atoms with Crippen molar-refractivity contribution in [2.45, 2.75) is 51.5 Å². The Kier molecular flexibility index (Phi) is 4.78. The van der Waals surface area contributed by atoms with E-state index in [1.807, 2.05) is 19.4 Å². The molecule has 0 aliphatic heterocycles. The van der Waals surface area contributed by atoms with Crippen LogP contribution in [0.25, 0.3) is 0 Å². The molecule has 0 spiro atoms. The summed E-state index contributed by atoms with van der Waals surface area (Å²) in [5.41, 5.74) is 3.02. The highest BCUT2D eigenvalue weighted by Crippen LogP contribution is 2.33. The highest BCUT2D eigenvalue weighted by Gasteiger charge is 2.27. The number of imidazole rings is 1. The number of hydrogen-bond acceptors (Lipinski definition) is 3. The van der Waals surface area contributed by atoms with Gasteiger partial charge in [0.15, 0.2) is 0 Å². The fourth-order valence-corrected chi connectivity index (χ4v) is 3.15. The standard InChI is InChI=1S/C14H26N4/c1-3-11-4-6-12(7-5-11)13(17-15)10-14-16-8-9-18(14)2/h8-9,11-13,17H,3-7,10,15H2,1-2H3. The Balaban J connectivity index is 1.91.